The Hall–Kier alpha value is -1.02. The van der Waals surface area contributed by atoms with Crippen molar-refractivity contribution in [2.24, 2.45) is 11.8 Å². The summed E-state index contributed by atoms with van der Waals surface area (Å²) in [7, 11) is 0. The van der Waals surface area contributed by atoms with E-state index in [4.69, 9.17) is 4.74 Å². The first-order valence-corrected chi connectivity index (χ1v) is 7.87. The van der Waals surface area contributed by atoms with E-state index in [1.807, 2.05) is 0 Å². The lowest BCUT2D eigenvalue weighted by atomic mass is 10.0. The molecule has 2 atom stereocenters. The number of nitrogens with one attached hydrogen (secondary N) is 1. The smallest absolute Gasteiger partial charge is 0.119 e. The molecule has 0 aliphatic heterocycles. The monoisotopic (exact) mass is 277 g/mol. The highest BCUT2D eigenvalue weighted by Gasteiger charge is 2.10. The third-order valence-corrected chi connectivity index (χ3v) is 3.32. The Morgan fingerprint density at radius 2 is 1.50 bits per heavy atom. The maximum Gasteiger partial charge on any atom is 0.119 e. The van der Waals surface area contributed by atoms with Crippen LogP contribution in [0.15, 0.2) is 24.3 Å². The van der Waals surface area contributed by atoms with Crippen molar-refractivity contribution in [3.63, 3.8) is 0 Å². The van der Waals surface area contributed by atoms with E-state index in [-0.39, 0.29) is 0 Å². The molecule has 0 fully saturated rings. The third-order valence-electron chi connectivity index (χ3n) is 3.32. The lowest BCUT2D eigenvalue weighted by Gasteiger charge is -2.22. The molecule has 0 aromatic heterocycles. The number of hydrogen-bond acceptors (Lipinski definition) is 2. The van der Waals surface area contributed by atoms with Crippen LogP contribution in [0.25, 0.3) is 0 Å². The van der Waals surface area contributed by atoms with Crippen molar-refractivity contribution < 1.29 is 4.74 Å². The van der Waals surface area contributed by atoms with Gasteiger partial charge in [0, 0.05) is 12.1 Å². The van der Waals surface area contributed by atoms with E-state index in [0.717, 1.165) is 18.3 Å². The Labute approximate surface area is 124 Å². The Bertz CT molecular complexity index is 370. The minimum Gasteiger partial charge on any atom is -0.493 e. The zero-order valence-electron chi connectivity index (χ0n) is 13.9. The molecule has 20 heavy (non-hydrogen) atoms. The average molecular weight is 277 g/mol. The van der Waals surface area contributed by atoms with Gasteiger partial charge in [0.2, 0.25) is 0 Å². The van der Waals surface area contributed by atoms with Crippen LogP contribution in [0.1, 0.15) is 59.6 Å². The van der Waals surface area contributed by atoms with Crippen molar-refractivity contribution in [2.75, 3.05) is 6.61 Å². The fraction of sp³-hybridized carbons (Fsp3) is 0.667. The quantitative estimate of drug-likeness (QED) is 0.736. The summed E-state index contributed by atoms with van der Waals surface area (Å²) in [6.45, 7) is 14.1. The highest BCUT2D eigenvalue weighted by molar-refractivity contribution is 5.29. The Morgan fingerprint density at radius 1 is 0.900 bits per heavy atom. The molecule has 0 aliphatic carbocycles. The second kappa shape index (κ2) is 8.31. The largest absolute Gasteiger partial charge is 0.493 e. The van der Waals surface area contributed by atoms with Crippen molar-refractivity contribution in [1.29, 1.82) is 0 Å². The molecule has 0 bridgehead atoms. The molecule has 1 aromatic carbocycles. The van der Waals surface area contributed by atoms with Gasteiger partial charge in [0.05, 0.1) is 6.61 Å². The molecule has 2 heteroatoms. The molecule has 114 valence electrons. The highest BCUT2D eigenvalue weighted by atomic mass is 16.5. The van der Waals surface area contributed by atoms with Gasteiger partial charge < -0.3 is 10.1 Å². The van der Waals surface area contributed by atoms with E-state index >= 15 is 0 Å². The van der Waals surface area contributed by atoms with Gasteiger partial charge in [-0.3, -0.25) is 0 Å². The Kier molecular flexibility index (Phi) is 7.08. The fourth-order valence-electron chi connectivity index (χ4n) is 2.41. The van der Waals surface area contributed by atoms with Gasteiger partial charge in [0.15, 0.2) is 0 Å². The van der Waals surface area contributed by atoms with E-state index in [9.17, 15) is 0 Å². The first-order chi connectivity index (χ1) is 9.38. The van der Waals surface area contributed by atoms with Crippen LogP contribution >= 0.6 is 0 Å². The predicted octanol–water partition coefficient (Wildman–Crippen LogP) is 4.81. The van der Waals surface area contributed by atoms with Crippen LogP contribution in [0.3, 0.4) is 0 Å². The van der Waals surface area contributed by atoms with Crippen LogP contribution in [-0.2, 0) is 0 Å². The van der Waals surface area contributed by atoms with Gasteiger partial charge in [0.25, 0.3) is 0 Å². The van der Waals surface area contributed by atoms with E-state index < -0.39 is 0 Å². The summed E-state index contributed by atoms with van der Waals surface area (Å²) in [6.07, 6.45) is 1.21. The predicted molar refractivity (Wildman–Crippen MR) is 87.2 cm³/mol. The van der Waals surface area contributed by atoms with Gasteiger partial charge >= 0.3 is 0 Å². The fourth-order valence-corrected chi connectivity index (χ4v) is 2.41. The summed E-state index contributed by atoms with van der Waals surface area (Å²) in [4.78, 5) is 0. The lowest BCUT2D eigenvalue weighted by molar-refractivity contribution is 0.271. The molecule has 2 nitrogen and oxygen atoms in total. The summed E-state index contributed by atoms with van der Waals surface area (Å²) >= 11 is 0. The van der Waals surface area contributed by atoms with Gasteiger partial charge in [-0.2, -0.15) is 0 Å². The molecule has 2 unspecified atom stereocenters. The third kappa shape index (κ3) is 6.42. The number of benzene rings is 1. The minimum atomic E-state index is 0.378. The summed E-state index contributed by atoms with van der Waals surface area (Å²) in [5, 5.41) is 3.66. The highest BCUT2D eigenvalue weighted by Crippen LogP contribution is 2.19. The first-order valence-electron chi connectivity index (χ1n) is 7.87. The van der Waals surface area contributed by atoms with Crippen LogP contribution in [0, 0.1) is 11.8 Å². The van der Waals surface area contributed by atoms with Crippen LogP contribution in [0.5, 0.6) is 5.75 Å². The number of ether oxygens (including phenoxy) is 1. The van der Waals surface area contributed by atoms with Crippen LogP contribution in [0.4, 0.5) is 0 Å². The molecule has 1 rings (SSSR count). The van der Waals surface area contributed by atoms with Crippen LogP contribution in [0.2, 0.25) is 0 Å². The SMILES string of the molecule is CC(C)COc1ccc(C(C)NC(C)CC(C)C)cc1. The van der Waals surface area contributed by atoms with Crippen molar-refractivity contribution in [1.82, 2.24) is 5.32 Å². The summed E-state index contributed by atoms with van der Waals surface area (Å²) in [6, 6.07) is 9.39. The van der Waals surface area contributed by atoms with E-state index in [1.54, 1.807) is 0 Å². The second-order valence-electron chi connectivity index (χ2n) is 6.69. The second-order valence-corrected chi connectivity index (χ2v) is 6.69. The molecule has 0 saturated heterocycles. The first kappa shape index (κ1) is 17.0. The maximum absolute atomic E-state index is 5.72. The Morgan fingerprint density at radius 3 is 2.00 bits per heavy atom. The van der Waals surface area contributed by atoms with Gasteiger partial charge in [-0.05, 0) is 49.8 Å². The summed E-state index contributed by atoms with van der Waals surface area (Å²) in [5.41, 5.74) is 1.32. The van der Waals surface area contributed by atoms with Gasteiger partial charge in [-0.25, -0.2) is 0 Å². The zero-order chi connectivity index (χ0) is 15.1. The molecule has 0 radical (unpaired) electrons. The maximum atomic E-state index is 5.72. The normalized spacial score (nSPS) is 14.6. The molecule has 0 aliphatic rings. The van der Waals surface area contributed by atoms with Gasteiger partial charge in [-0.15, -0.1) is 0 Å². The molecule has 0 spiro atoms. The Balaban J connectivity index is 2.50. The molecule has 0 saturated carbocycles. The summed E-state index contributed by atoms with van der Waals surface area (Å²) < 4.78 is 5.72. The molecular weight excluding hydrogens is 246 g/mol. The van der Waals surface area contributed by atoms with Gasteiger partial charge in [-0.1, -0.05) is 39.8 Å². The standard InChI is InChI=1S/C18H31NO/c1-13(2)11-15(5)19-16(6)17-7-9-18(10-8-17)20-12-14(3)4/h7-10,13-16,19H,11-12H2,1-6H3. The average Bonchev–Trinajstić information content (AvgIpc) is 2.35. The van der Waals surface area contributed by atoms with E-state index in [1.165, 1.54) is 12.0 Å². The summed E-state index contributed by atoms with van der Waals surface area (Å²) in [5.74, 6) is 2.26. The minimum absolute atomic E-state index is 0.378. The van der Waals surface area contributed by atoms with Crippen LogP contribution < -0.4 is 10.1 Å². The van der Waals surface area contributed by atoms with Gasteiger partial charge in [0.1, 0.15) is 5.75 Å². The number of hydrogen-bond donors (Lipinski definition) is 1. The molecule has 1 N–H and O–H groups in total. The van der Waals surface area contributed by atoms with Crippen LogP contribution in [-0.4, -0.2) is 12.6 Å². The van der Waals surface area contributed by atoms with Crippen molar-refractivity contribution >= 4 is 0 Å². The number of rotatable bonds is 8. The van der Waals surface area contributed by atoms with Crippen molar-refractivity contribution in [3.05, 3.63) is 29.8 Å². The van der Waals surface area contributed by atoms with E-state index in [0.29, 0.717) is 18.0 Å². The molecule has 0 amide bonds. The topological polar surface area (TPSA) is 21.3 Å². The molecule has 1 aromatic rings. The zero-order valence-corrected chi connectivity index (χ0v) is 13.9. The molecule has 0 heterocycles. The molecular formula is C18H31NO. The lowest BCUT2D eigenvalue weighted by Crippen LogP contribution is -2.30. The van der Waals surface area contributed by atoms with Crippen molar-refractivity contribution in [2.45, 2.75) is 60.0 Å². The van der Waals surface area contributed by atoms with E-state index in [2.05, 4.69) is 71.1 Å². The van der Waals surface area contributed by atoms with Crippen molar-refractivity contribution in [3.8, 4) is 5.75 Å².